The van der Waals surface area contributed by atoms with E-state index in [0.717, 1.165) is 0 Å². The second kappa shape index (κ2) is 11.3. The largest absolute Gasteiger partial charge is 0.134 e. The molecule has 2 heteroatoms. The fraction of sp³-hybridized carbons (Fsp3) is 0. The van der Waals surface area contributed by atoms with Crippen molar-refractivity contribution < 1.29 is 0 Å². The molecular formula is C44H28S2. The minimum atomic E-state index is 1.24. The van der Waals surface area contributed by atoms with Crippen molar-refractivity contribution in [2.24, 2.45) is 0 Å². The molecule has 0 atom stereocenters. The lowest BCUT2D eigenvalue weighted by Crippen LogP contribution is -1.91. The molecule has 46 heavy (non-hydrogen) atoms. The lowest BCUT2D eigenvalue weighted by molar-refractivity contribution is 1.65. The Labute approximate surface area is 276 Å². The lowest BCUT2D eigenvalue weighted by atomic mass is 9.85. The van der Waals surface area contributed by atoms with Crippen LogP contribution >= 0.6 is 22.7 Å². The van der Waals surface area contributed by atoms with Gasteiger partial charge in [-0.3, -0.25) is 0 Å². The van der Waals surface area contributed by atoms with Crippen molar-refractivity contribution in [3.63, 3.8) is 0 Å². The van der Waals surface area contributed by atoms with E-state index in [4.69, 9.17) is 0 Å². The summed E-state index contributed by atoms with van der Waals surface area (Å²) in [5, 5.41) is 6.42. The Balaban J connectivity index is 1.44. The van der Waals surface area contributed by atoms with Crippen LogP contribution in [0, 0.1) is 0 Å². The van der Waals surface area contributed by atoms with Crippen molar-refractivity contribution >= 4 is 54.3 Å². The van der Waals surface area contributed by atoms with Crippen molar-refractivity contribution in [1.82, 2.24) is 0 Å². The monoisotopic (exact) mass is 620 g/mol. The van der Waals surface area contributed by atoms with Gasteiger partial charge in [0, 0.05) is 31.0 Å². The SMILES string of the molecule is c1ccc(-c2ccc(-c3sc4c(-c5ccccc5)c(-c5ccc6ccccc6c5)c5ccccc5c4c3-c3ccccc3)s2)cc1. The van der Waals surface area contributed by atoms with Crippen LogP contribution in [0.4, 0.5) is 0 Å². The van der Waals surface area contributed by atoms with Crippen LogP contribution in [0.25, 0.3) is 85.2 Å². The first-order valence-corrected chi connectivity index (χ1v) is 17.2. The molecule has 2 heterocycles. The molecule has 0 unspecified atom stereocenters. The maximum absolute atomic E-state index is 2.37. The maximum Gasteiger partial charge on any atom is 0.0534 e. The van der Waals surface area contributed by atoms with Gasteiger partial charge < -0.3 is 0 Å². The van der Waals surface area contributed by atoms with Crippen LogP contribution in [-0.2, 0) is 0 Å². The van der Waals surface area contributed by atoms with E-state index in [9.17, 15) is 0 Å². The highest BCUT2D eigenvalue weighted by Crippen LogP contribution is 2.55. The summed E-state index contributed by atoms with van der Waals surface area (Å²) in [5.41, 5.74) is 8.91. The number of hydrogen-bond acceptors (Lipinski definition) is 2. The fourth-order valence-electron chi connectivity index (χ4n) is 6.83. The Morgan fingerprint density at radius 1 is 0.326 bits per heavy atom. The lowest BCUT2D eigenvalue weighted by Gasteiger charge is -2.18. The van der Waals surface area contributed by atoms with Crippen LogP contribution < -0.4 is 0 Å². The average molecular weight is 621 g/mol. The van der Waals surface area contributed by atoms with Gasteiger partial charge in [0.05, 0.1) is 4.88 Å². The quantitative estimate of drug-likeness (QED) is 0.180. The standard InChI is InChI=1S/C44H28S2/c1-4-15-30(16-5-1)37-26-27-38(45-37)43-41(32-19-8-3-9-20-32)42-36-23-13-12-22-35(36)39(34-25-24-29-14-10-11-21-33(29)28-34)40(44(42)46-43)31-17-6-2-7-18-31/h1-28H. The van der Waals surface area contributed by atoms with Gasteiger partial charge in [0.15, 0.2) is 0 Å². The Hall–Kier alpha value is -5.28. The summed E-state index contributed by atoms with van der Waals surface area (Å²) in [7, 11) is 0. The highest BCUT2D eigenvalue weighted by molar-refractivity contribution is 7.28. The number of thiophene rings is 2. The van der Waals surface area contributed by atoms with E-state index in [2.05, 4.69) is 170 Å². The molecule has 0 radical (unpaired) electrons. The highest BCUT2D eigenvalue weighted by Gasteiger charge is 2.25. The predicted molar refractivity (Wildman–Crippen MR) is 202 cm³/mol. The van der Waals surface area contributed by atoms with Crippen molar-refractivity contribution in [3.05, 3.63) is 170 Å². The summed E-state index contributed by atoms with van der Waals surface area (Å²) in [6.07, 6.45) is 0. The summed E-state index contributed by atoms with van der Waals surface area (Å²) in [5.74, 6) is 0. The van der Waals surface area contributed by atoms with Crippen molar-refractivity contribution in [1.29, 1.82) is 0 Å². The van der Waals surface area contributed by atoms with Gasteiger partial charge in [-0.2, -0.15) is 0 Å². The van der Waals surface area contributed by atoms with Gasteiger partial charge in [-0.15, -0.1) is 22.7 Å². The normalized spacial score (nSPS) is 11.5. The van der Waals surface area contributed by atoms with Crippen LogP contribution in [0.3, 0.4) is 0 Å². The van der Waals surface area contributed by atoms with Crippen LogP contribution in [0.15, 0.2) is 170 Å². The first-order chi connectivity index (χ1) is 22.8. The molecule has 0 aliphatic carbocycles. The summed E-state index contributed by atoms with van der Waals surface area (Å²) in [6.45, 7) is 0. The van der Waals surface area contributed by atoms with E-state index in [1.165, 1.54) is 85.2 Å². The molecular weight excluding hydrogens is 593 g/mol. The molecule has 2 aromatic heterocycles. The number of rotatable bonds is 5. The molecule has 216 valence electrons. The first kappa shape index (κ1) is 27.1. The van der Waals surface area contributed by atoms with Gasteiger partial charge in [0.1, 0.15) is 0 Å². The number of fused-ring (bicyclic) bond motifs is 4. The molecule has 0 aliphatic rings. The van der Waals surface area contributed by atoms with E-state index in [1.807, 2.05) is 22.7 Å². The predicted octanol–water partition coefficient (Wildman–Crippen LogP) is 13.6. The zero-order chi connectivity index (χ0) is 30.5. The molecule has 9 aromatic rings. The Bertz CT molecular complexity index is 2500. The topological polar surface area (TPSA) is 0 Å². The second-order valence-corrected chi connectivity index (χ2v) is 13.7. The van der Waals surface area contributed by atoms with E-state index in [0.29, 0.717) is 0 Å². The molecule has 0 bridgehead atoms. The van der Waals surface area contributed by atoms with Crippen molar-refractivity contribution in [2.45, 2.75) is 0 Å². The molecule has 0 N–H and O–H groups in total. The third kappa shape index (κ3) is 4.49. The maximum atomic E-state index is 2.37. The van der Waals surface area contributed by atoms with Crippen molar-refractivity contribution in [3.8, 4) is 53.6 Å². The van der Waals surface area contributed by atoms with E-state index in [-0.39, 0.29) is 0 Å². The zero-order valence-corrected chi connectivity index (χ0v) is 26.6. The third-order valence-corrected chi connectivity index (χ3v) is 11.4. The molecule has 0 spiro atoms. The molecule has 0 saturated heterocycles. The van der Waals surface area contributed by atoms with Gasteiger partial charge in [-0.05, 0) is 67.6 Å². The van der Waals surface area contributed by atoms with Gasteiger partial charge >= 0.3 is 0 Å². The van der Waals surface area contributed by atoms with Gasteiger partial charge in [0.2, 0.25) is 0 Å². The van der Waals surface area contributed by atoms with Crippen LogP contribution in [0.2, 0.25) is 0 Å². The van der Waals surface area contributed by atoms with Crippen LogP contribution in [0.5, 0.6) is 0 Å². The molecule has 7 aromatic carbocycles. The average Bonchev–Trinajstić information content (AvgIpc) is 3.78. The Kier molecular flexibility index (Phi) is 6.63. The minimum absolute atomic E-state index is 1.24. The first-order valence-electron chi connectivity index (χ1n) is 15.6. The minimum Gasteiger partial charge on any atom is -0.134 e. The van der Waals surface area contributed by atoms with E-state index in [1.54, 1.807) is 0 Å². The zero-order valence-electron chi connectivity index (χ0n) is 25.0. The van der Waals surface area contributed by atoms with Crippen molar-refractivity contribution in [2.75, 3.05) is 0 Å². The molecule has 0 aliphatic heterocycles. The molecule has 9 rings (SSSR count). The fourth-order valence-corrected chi connectivity index (χ4v) is 9.37. The summed E-state index contributed by atoms with van der Waals surface area (Å²) in [6, 6.07) is 61.9. The second-order valence-electron chi connectivity index (χ2n) is 11.6. The van der Waals surface area contributed by atoms with Crippen LogP contribution in [0.1, 0.15) is 0 Å². The summed E-state index contributed by atoms with van der Waals surface area (Å²) >= 11 is 3.82. The van der Waals surface area contributed by atoms with E-state index >= 15 is 0 Å². The van der Waals surface area contributed by atoms with Crippen LogP contribution in [-0.4, -0.2) is 0 Å². The molecule has 0 fully saturated rings. The van der Waals surface area contributed by atoms with Gasteiger partial charge in [-0.1, -0.05) is 152 Å². The summed E-state index contributed by atoms with van der Waals surface area (Å²) < 4.78 is 1.33. The van der Waals surface area contributed by atoms with Gasteiger partial charge in [-0.25, -0.2) is 0 Å². The third-order valence-electron chi connectivity index (χ3n) is 8.90. The highest BCUT2D eigenvalue weighted by atomic mass is 32.1. The summed E-state index contributed by atoms with van der Waals surface area (Å²) in [4.78, 5) is 3.91. The Morgan fingerprint density at radius 2 is 0.891 bits per heavy atom. The Morgan fingerprint density at radius 3 is 1.61 bits per heavy atom. The number of hydrogen-bond donors (Lipinski definition) is 0. The molecule has 0 nitrogen and oxygen atoms in total. The molecule has 0 amide bonds. The van der Waals surface area contributed by atoms with E-state index < -0.39 is 0 Å². The number of benzene rings is 7. The molecule has 0 saturated carbocycles. The van der Waals surface area contributed by atoms with Gasteiger partial charge in [0.25, 0.3) is 0 Å². The smallest absolute Gasteiger partial charge is 0.0534 e.